The van der Waals surface area contributed by atoms with E-state index < -0.39 is 0 Å². The number of rotatable bonds is 8. The van der Waals surface area contributed by atoms with Crippen LogP contribution in [0.15, 0.2) is 42.5 Å². The summed E-state index contributed by atoms with van der Waals surface area (Å²) >= 11 is 0. The van der Waals surface area contributed by atoms with E-state index in [4.69, 9.17) is 4.74 Å². The van der Waals surface area contributed by atoms with Crippen LogP contribution in [0.25, 0.3) is 11.3 Å². The molecule has 1 aromatic heterocycles. The summed E-state index contributed by atoms with van der Waals surface area (Å²) in [6.07, 6.45) is 2.26. The Morgan fingerprint density at radius 1 is 1.12 bits per heavy atom. The van der Waals surface area contributed by atoms with Gasteiger partial charge < -0.3 is 20.3 Å². The molecular weight excluding hydrogens is 328 g/mol. The van der Waals surface area contributed by atoms with E-state index in [-0.39, 0.29) is 5.91 Å². The SMILES string of the molecule is COc1ccc(-c2cccc(NCCNCC(=O)N3CCCC3)n2)cc1. The smallest absolute Gasteiger partial charge is 0.236 e. The van der Waals surface area contributed by atoms with Crippen LogP contribution in [-0.4, -0.2) is 55.6 Å². The molecule has 2 N–H and O–H groups in total. The number of nitrogens with one attached hydrogen (secondary N) is 2. The summed E-state index contributed by atoms with van der Waals surface area (Å²) in [6.45, 7) is 3.64. The number of benzene rings is 1. The molecule has 1 aliphatic rings. The molecular formula is C20H26N4O2. The molecule has 0 atom stereocenters. The number of amides is 1. The Hall–Kier alpha value is -2.60. The van der Waals surface area contributed by atoms with Crippen LogP contribution in [0.1, 0.15) is 12.8 Å². The highest BCUT2D eigenvalue weighted by Gasteiger charge is 2.16. The van der Waals surface area contributed by atoms with E-state index in [0.29, 0.717) is 19.6 Å². The van der Waals surface area contributed by atoms with Crippen molar-refractivity contribution in [3.63, 3.8) is 0 Å². The Kier molecular flexibility index (Phi) is 6.44. The van der Waals surface area contributed by atoms with Crippen LogP contribution >= 0.6 is 0 Å². The maximum atomic E-state index is 11.9. The lowest BCUT2D eigenvalue weighted by molar-refractivity contribution is -0.129. The Balaban J connectivity index is 1.44. The van der Waals surface area contributed by atoms with Crippen molar-refractivity contribution < 1.29 is 9.53 Å². The minimum Gasteiger partial charge on any atom is -0.497 e. The van der Waals surface area contributed by atoms with Crippen molar-refractivity contribution in [2.75, 3.05) is 45.2 Å². The quantitative estimate of drug-likeness (QED) is 0.713. The van der Waals surface area contributed by atoms with Gasteiger partial charge in [0.25, 0.3) is 0 Å². The number of nitrogens with zero attached hydrogens (tertiary/aromatic N) is 2. The molecule has 3 rings (SSSR count). The molecule has 1 aromatic carbocycles. The van der Waals surface area contributed by atoms with Crippen LogP contribution < -0.4 is 15.4 Å². The van der Waals surface area contributed by atoms with E-state index in [1.54, 1.807) is 7.11 Å². The summed E-state index contributed by atoms with van der Waals surface area (Å²) in [5, 5.41) is 6.49. The van der Waals surface area contributed by atoms with Crippen LogP contribution in [0.3, 0.4) is 0 Å². The topological polar surface area (TPSA) is 66.5 Å². The molecule has 0 spiro atoms. The van der Waals surface area contributed by atoms with Crippen LogP contribution in [0.5, 0.6) is 5.75 Å². The van der Waals surface area contributed by atoms with Gasteiger partial charge in [0, 0.05) is 31.7 Å². The van der Waals surface area contributed by atoms with Crippen LogP contribution in [0, 0.1) is 0 Å². The fourth-order valence-corrected chi connectivity index (χ4v) is 3.01. The average molecular weight is 354 g/mol. The third-order valence-electron chi connectivity index (χ3n) is 4.48. The minimum absolute atomic E-state index is 0.196. The second-order valence-electron chi connectivity index (χ2n) is 6.33. The minimum atomic E-state index is 0.196. The van der Waals surface area contributed by atoms with Gasteiger partial charge >= 0.3 is 0 Å². The normalized spacial score (nSPS) is 13.7. The van der Waals surface area contributed by atoms with E-state index >= 15 is 0 Å². The highest BCUT2D eigenvalue weighted by molar-refractivity contribution is 5.78. The molecule has 0 aliphatic carbocycles. The number of hydrogen-bond acceptors (Lipinski definition) is 5. The molecule has 0 bridgehead atoms. The van der Waals surface area contributed by atoms with Crippen LogP contribution in [0.2, 0.25) is 0 Å². The first kappa shape index (κ1) is 18.2. The van der Waals surface area contributed by atoms with E-state index in [1.165, 1.54) is 0 Å². The summed E-state index contributed by atoms with van der Waals surface area (Å²) in [4.78, 5) is 18.5. The molecule has 2 aromatic rings. The van der Waals surface area contributed by atoms with Crippen molar-refractivity contribution >= 4 is 11.7 Å². The molecule has 6 nitrogen and oxygen atoms in total. The Morgan fingerprint density at radius 3 is 2.62 bits per heavy atom. The highest BCUT2D eigenvalue weighted by atomic mass is 16.5. The first-order valence-corrected chi connectivity index (χ1v) is 9.10. The van der Waals surface area contributed by atoms with Gasteiger partial charge in [0.15, 0.2) is 0 Å². The number of likely N-dealkylation sites (tertiary alicyclic amines) is 1. The third kappa shape index (κ3) is 4.95. The number of pyridine rings is 1. The molecule has 1 aliphatic heterocycles. The van der Waals surface area contributed by atoms with Gasteiger partial charge in [-0.1, -0.05) is 6.07 Å². The number of ether oxygens (including phenoxy) is 1. The van der Waals surface area contributed by atoms with Crippen molar-refractivity contribution in [3.05, 3.63) is 42.5 Å². The maximum Gasteiger partial charge on any atom is 0.236 e. The summed E-state index contributed by atoms with van der Waals surface area (Å²) in [5.41, 5.74) is 1.96. The van der Waals surface area contributed by atoms with Crippen molar-refractivity contribution in [2.24, 2.45) is 0 Å². The molecule has 6 heteroatoms. The van der Waals surface area contributed by atoms with Crippen LogP contribution in [0.4, 0.5) is 5.82 Å². The Labute approximate surface area is 154 Å². The largest absolute Gasteiger partial charge is 0.497 e. The standard InChI is InChI=1S/C20H26N4O2/c1-26-17-9-7-16(8-10-17)18-5-4-6-19(23-18)22-12-11-21-15-20(25)24-13-2-3-14-24/h4-10,21H,2-3,11-15H2,1H3,(H,22,23). The molecule has 1 amide bonds. The van der Waals surface area contributed by atoms with E-state index in [9.17, 15) is 4.79 Å². The van der Waals surface area contributed by atoms with E-state index in [1.807, 2.05) is 47.4 Å². The monoisotopic (exact) mass is 354 g/mol. The van der Waals surface area contributed by atoms with Gasteiger partial charge in [-0.05, 0) is 49.2 Å². The van der Waals surface area contributed by atoms with Gasteiger partial charge in [0.1, 0.15) is 11.6 Å². The average Bonchev–Trinajstić information content (AvgIpc) is 3.23. The third-order valence-corrected chi connectivity index (χ3v) is 4.48. The van der Waals surface area contributed by atoms with Gasteiger partial charge in [0.05, 0.1) is 19.3 Å². The summed E-state index contributed by atoms with van der Waals surface area (Å²) in [5.74, 6) is 1.85. The summed E-state index contributed by atoms with van der Waals surface area (Å²) in [6, 6.07) is 13.8. The predicted octanol–water partition coefficient (Wildman–Crippen LogP) is 2.38. The lowest BCUT2D eigenvalue weighted by Gasteiger charge is -2.15. The van der Waals surface area contributed by atoms with Crippen molar-refractivity contribution in [2.45, 2.75) is 12.8 Å². The first-order valence-electron chi connectivity index (χ1n) is 9.10. The second-order valence-corrected chi connectivity index (χ2v) is 6.33. The van der Waals surface area contributed by atoms with Crippen molar-refractivity contribution in [1.82, 2.24) is 15.2 Å². The zero-order chi connectivity index (χ0) is 18.2. The van der Waals surface area contributed by atoms with Crippen molar-refractivity contribution in [3.8, 4) is 17.0 Å². The van der Waals surface area contributed by atoms with Gasteiger partial charge in [-0.25, -0.2) is 4.98 Å². The molecule has 138 valence electrons. The summed E-state index contributed by atoms with van der Waals surface area (Å²) in [7, 11) is 1.66. The lowest BCUT2D eigenvalue weighted by Crippen LogP contribution is -2.37. The fraction of sp³-hybridized carbons (Fsp3) is 0.400. The molecule has 2 heterocycles. The Morgan fingerprint density at radius 2 is 1.88 bits per heavy atom. The molecule has 1 saturated heterocycles. The zero-order valence-electron chi connectivity index (χ0n) is 15.2. The number of carbonyl (C=O) groups excluding carboxylic acids is 1. The molecule has 0 radical (unpaired) electrons. The van der Waals surface area contributed by atoms with Gasteiger partial charge in [-0.2, -0.15) is 0 Å². The number of aromatic nitrogens is 1. The van der Waals surface area contributed by atoms with Gasteiger partial charge in [-0.3, -0.25) is 4.79 Å². The Bertz CT molecular complexity index is 712. The van der Waals surface area contributed by atoms with Gasteiger partial charge in [-0.15, -0.1) is 0 Å². The number of methoxy groups -OCH3 is 1. The number of carbonyl (C=O) groups is 1. The first-order chi connectivity index (χ1) is 12.8. The zero-order valence-corrected chi connectivity index (χ0v) is 15.2. The number of hydrogen-bond donors (Lipinski definition) is 2. The van der Waals surface area contributed by atoms with Crippen molar-refractivity contribution in [1.29, 1.82) is 0 Å². The molecule has 26 heavy (non-hydrogen) atoms. The van der Waals surface area contributed by atoms with Crippen LogP contribution in [-0.2, 0) is 4.79 Å². The highest BCUT2D eigenvalue weighted by Crippen LogP contribution is 2.21. The van der Waals surface area contributed by atoms with E-state index in [2.05, 4.69) is 15.6 Å². The van der Waals surface area contributed by atoms with E-state index in [0.717, 1.165) is 48.8 Å². The fourth-order valence-electron chi connectivity index (χ4n) is 3.01. The summed E-state index contributed by atoms with van der Waals surface area (Å²) < 4.78 is 5.19. The lowest BCUT2D eigenvalue weighted by atomic mass is 10.1. The van der Waals surface area contributed by atoms with Gasteiger partial charge in [0.2, 0.25) is 5.91 Å². The molecule has 0 saturated carbocycles. The second kappa shape index (κ2) is 9.20. The predicted molar refractivity (Wildman–Crippen MR) is 103 cm³/mol. The maximum absolute atomic E-state index is 11.9. The molecule has 1 fully saturated rings. The molecule has 0 unspecified atom stereocenters. The number of anilines is 1.